The number of hydrogen-bond acceptors (Lipinski definition) is 2. The SMILES string of the molecule is CC(C)(C)S(C)(C)OCc1ccc(Cc2ccc(F)cc2)nc1. The minimum Gasteiger partial charge on any atom is -0.332 e. The van der Waals surface area contributed by atoms with Gasteiger partial charge >= 0.3 is 0 Å². The normalized spacial score (nSPS) is 13.1. The molecule has 126 valence electrons. The summed E-state index contributed by atoms with van der Waals surface area (Å²) in [6.45, 7) is 7.23. The van der Waals surface area contributed by atoms with Crippen LogP contribution in [0.1, 0.15) is 37.6 Å². The van der Waals surface area contributed by atoms with Crippen LogP contribution in [0.15, 0.2) is 42.6 Å². The highest BCUT2D eigenvalue weighted by Gasteiger charge is 2.28. The minimum absolute atomic E-state index is 0.156. The van der Waals surface area contributed by atoms with Gasteiger partial charge in [0.05, 0.1) is 6.61 Å². The molecule has 0 fully saturated rings. The first-order valence-corrected chi connectivity index (χ1v) is 10.1. The molecule has 1 aromatic heterocycles. The lowest BCUT2D eigenvalue weighted by atomic mass is 10.1. The van der Waals surface area contributed by atoms with Crippen LogP contribution in [0.2, 0.25) is 0 Å². The van der Waals surface area contributed by atoms with Crippen molar-refractivity contribution in [2.45, 2.75) is 38.5 Å². The van der Waals surface area contributed by atoms with Crippen molar-refractivity contribution in [1.82, 2.24) is 4.98 Å². The molecular weight excluding hydrogens is 309 g/mol. The average Bonchev–Trinajstić information content (AvgIpc) is 2.48. The van der Waals surface area contributed by atoms with Crippen molar-refractivity contribution < 1.29 is 8.57 Å². The average molecular weight is 335 g/mol. The smallest absolute Gasteiger partial charge is 0.123 e. The Balaban J connectivity index is 1.96. The molecule has 2 nitrogen and oxygen atoms in total. The van der Waals surface area contributed by atoms with Crippen molar-refractivity contribution in [3.8, 4) is 0 Å². The van der Waals surface area contributed by atoms with Gasteiger partial charge in [0.25, 0.3) is 0 Å². The molecule has 0 N–H and O–H groups in total. The van der Waals surface area contributed by atoms with Gasteiger partial charge in [0.1, 0.15) is 5.82 Å². The quantitative estimate of drug-likeness (QED) is 0.758. The van der Waals surface area contributed by atoms with Crippen molar-refractivity contribution >= 4 is 10.3 Å². The van der Waals surface area contributed by atoms with Gasteiger partial charge in [0.15, 0.2) is 0 Å². The van der Waals surface area contributed by atoms with E-state index in [4.69, 9.17) is 4.18 Å². The highest BCUT2D eigenvalue weighted by atomic mass is 32.3. The van der Waals surface area contributed by atoms with Gasteiger partial charge in [-0.05, 0) is 41.8 Å². The summed E-state index contributed by atoms with van der Waals surface area (Å²) < 4.78 is 19.2. The lowest BCUT2D eigenvalue weighted by Gasteiger charge is -2.43. The van der Waals surface area contributed by atoms with E-state index in [2.05, 4.69) is 44.3 Å². The van der Waals surface area contributed by atoms with Crippen LogP contribution in [-0.4, -0.2) is 22.2 Å². The number of pyridine rings is 1. The van der Waals surface area contributed by atoms with E-state index in [1.807, 2.05) is 12.3 Å². The van der Waals surface area contributed by atoms with Crippen LogP contribution in [0.5, 0.6) is 0 Å². The van der Waals surface area contributed by atoms with Crippen molar-refractivity contribution in [2.75, 3.05) is 12.5 Å². The molecule has 1 heterocycles. The Bertz CT molecular complexity index is 630. The Labute approximate surface area is 140 Å². The van der Waals surface area contributed by atoms with Gasteiger partial charge in [-0.2, -0.15) is 0 Å². The van der Waals surface area contributed by atoms with E-state index in [9.17, 15) is 4.39 Å². The lowest BCUT2D eigenvalue weighted by molar-refractivity contribution is 0.338. The third-order valence-electron chi connectivity index (χ3n) is 4.18. The molecule has 0 aliphatic rings. The third kappa shape index (κ3) is 5.05. The second-order valence-corrected chi connectivity index (χ2v) is 11.0. The molecule has 0 spiro atoms. The van der Waals surface area contributed by atoms with Gasteiger partial charge in [-0.1, -0.05) is 39.0 Å². The summed E-state index contributed by atoms with van der Waals surface area (Å²) >= 11 is 0. The predicted molar refractivity (Wildman–Crippen MR) is 97.4 cm³/mol. The fourth-order valence-corrected chi connectivity index (χ4v) is 2.63. The first-order valence-electron chi connectivity index (χ1n) is 7.73. The van der Waals surface area contributed by atoms with Gasteiger partial charge < -0.3 is 4.18 Å². The zero-order chi connectivity index (χ0) is 17.1. The maximum Gasteiger partial charge on any atom is 0.123 e. The van der Waals surface area contributed by atoms with Crippen molar-refractivity contribution in [3.63, 3.8) is 0 Å². The molecule has 1 aromatic carbocycles. The summed E-state index contributed by atoms with van der Waals surface area (Å²) in [6.07, 6.45) is 6.98. The summed E-state index contributed by atoms with van der Waals surface area (Å²) in [6, 6.07) is 10.6. The van der Waals surface area contributed by atoms with Gasteiger partial charge in [-0.15, -0.1) is 10.3 Å². The molecule has 0 saturated carbocycles. The number of halogens is 1. The summed E-state index contributed by atoms with van der Waals surface area (Å²) in [5, 5.41) is 0. The summed E-state index contributed by atoms with van der Waals surface area (Å²) in [5.74, 6) is -0.210. The fraction of sp³-hybridized carbons (Fsp3) is 0.421. The van der Waals surface area contributed by atoms with Crippen molar-refractivity contribution in [2.24, 2.45) is 0 Å². The second kappa shape index (κ2) is 7.02. The van der Waals surface area contributed by atoms with Crippen molar-refractivity contribution in [1.29, 1.82) is 0 Å². The van der Waals surface area contributed by atoms with Crippen LogP contribution in [0, 0.1) is 5.82 Å². The largest absolute Gasteiger partial charge is 0.332 e. The van der Waals surface area contributed by atoms with Gasteiger partial charge in [0.2, 0.25) is 0 Å². The molecule has 0 atom stereocenters. The summed E-state index contributed by atoms with van der Waals surface area (Å²) in [4.78, 5) is 4.49. The second-order valence-electron chi connectivity index (χ2n) is 7.07. The molecule has 0 radical (unpaired) electrons. The van der Waals surface area contributed by atoms with Crippen LogP contribution >= 0.6 is 10.3 Å². The predicted octanol–water partition coefficient (Wildman–Crippen LogP) is 5.11. The molecule has 0 unspecified atom stereocenters. The highest BCUT2D eigenvalue weighted by Crippen LogP contribution is 2.54. The molecule has 2 rings (SSSR count). The monoisotopic (exact) mass is 335 g/mol. The van der Waals surface area contributed by atoms with Gasteiger partial charge in [0, 0.05) is 23.1 Å². The molecule has 2 aromatic rings. The lowest BCUT2D eigenvalue weighted by Crippen LogP contribution is -2.25. The Kier molecular flexibility index (Phi) is 5.48. The molecule has 0 aliphatic heterocycles. The molecule has 23 heavy (non-hydrogen) atoms. The van der Waals surface area contributed by atoms with Crippen molar-refractivity contribution in [3.05, 3.63) is 65.2 Å². The number of nitrogens with zero attached hydrogens (tertiary/aromatic N) is 1. The maximum atomic E-state index is 12.9. The molecule has 0 saturated heterocycles. The maximum absolute atomic E-state index is 12.9. The topological polar surface area (TPSA) is 22.1 Å². The molecule has 0 bridgehead atoms. The minimum atomic E-state index is -1.12. The summed E-state index contributed by atoms with van der Waals surface area (Å²) in [7, 11) is -1.12. The Morgan fingerprint density at radius 1 is 1.00 bits per heavy atom. The zero-order valence-electron chi connectivity index (χ0n) is 14.6. The third-order valence-corrected chi connectivity index (χ3v) is 7.84. The molecule has 4 heteroatoms. The number of aromatic nitrogens is 1. The number of hydrogen-bond donors (Lipinski definition) is 0. The molecule has 0 aliphatic carbocycles. The fourth-order valence-electron chi connectivity index (χ4n) is 1.85. The summed E-state index contributed by atoms with van der Waals surface area (Å²) in [5.41, 5.74) is 3.11. The van der Waals surface area contributed by atoms with Crippen LogP contribution < -0.4 is 0 Å². The Morgan fingerprint density at radius 3 is 2.13 bits per heavy atom. The van der Waals surface area contributed by atoms with E-state index in [1.165, 1.54) is 12.1 Å². The van der Waals surface area contributed by atoms with Crippen LogP contribution in [0.3, 0.4) is 0 Å². The number of rotatable bonds is 5. The van der Waals surface area contributed by atoms with Gasteiger partial charge in [-0.25, -0.2) is 4.39 Å². The molecule has 0 amide bonds. The first kappa shape index (κ1) is 18.0. The van der Waals surface area contributed by atoms with Gasteiger partial charge in [-0.3, -0.25) is 4.98 Å². The number of benzene rings is 1. The first-order chi connectivity index (χ1) is 10.7. The Morgan fingerprint density at radius 2 is 1.61 bits per heavy atom. The van der Waals surface area contributed by atoms with E-state index >= 15 is 0 Å². The van der Waals surface area contributed by atoms with E-state index in [1.54, 1.807) is 12.1 Å². The van der Waals surface area contributed by atoms with E-state index in [-0.39, 0.29) is 10.6 Å². The Hall–Kier alpha value is -1.39. The highest BCUT2D eigenvalue weighted by molar-refractivity contribution is 8.29. The van der Waals surface area contributed by atoms with Crippen LogP contribution in [-0.2, 0) is 17.2 Å². The van der Waals surface area contributed by atoms with E-state index in [0.717, 1.165) is 16.8 Å². The van der Waals surface area contributed by atoms with Crippen LogP contribution in [0.4, 0.5) is 4.39 Å². The zero-order valence-corrected chi connectivity index (χ0v) is 15.4. The van der Waals surface area contributed by atoms with E-state index < -0.39 is 10.3 Å². The molecular formula is C19H26FNOS. The standard InChI is InChI=1S/C19H26FNOS/c1-19(2,3)23(4,5)22-14-16-8-11-18(21-13-16)12-15-6-9-17(20)10-7-15/h6-11,13H,12,14H2,1-5H3. The van der Waals surface area contributed by atoms with E-state index in [0.29, 0.717) is 13.0 Å². The van der Waals surface area contributed by atoms with Crippen LogP contribution in [0.25, 0.3) is 0 Å².